The molecule has 1 fully saturated rings. The molecule has 0 spiro atoms. The van der Waals surface area contributed by atoms with Crippen LogP contribution in [0.1, 0.15) is 12.1 Å². The standard InChI is InChI=1S/C11H15BrN2S/c12-9-1-2-10(14-6-9)5-11(13)8-3-4-15-7-8/h1-2,6,8,11H,3-5,7,13H2. The third-order valence-electron chi connectivity index (χ3n) is 2.80. The summed E-state index contributed by atoms with van der Waals surface area (Å²) in [7, 11) is 0. The van der Waals surface area contributed by atoms with Gasteiger partial charge in [0.15, 0.2) is 0 Å². The molecule has 2 rings (SSSR count). The zero-order valence-electron chi connectivity index (χ0n) is 8.53. The average molecular weight is 287 g/mol. The first-order valence-corrected chi connectivity index (χ1v) is 7.14. The van der Waals surface area contributed by atoms with E-state index >= 15 is 0 Å². The van der Waals surface area contributed by atoms with Crippen LogP contribution in [0.25, 0.3) is 0 Å². The van der Waals surface area contributed by atoms with Crippen molar-refractivity contribution in [2.45, 2.75) is 18.9 Å². The number of halogens is 1. The van der Waals surface area contributed by atoms with Gasteiger partial charge in [0.1, 0.15) is 0 Å². The number of nitrogens with zero attached hydrogens (tertiary/aromatic N) is 1. The van der Waals surface area contributed by atoms with E-state index in [1.54, 1.807) is 0 Å². The summed E-state index contributed by atoms with van der Waals surface area (Å²) in [5.74, 6) is 3.17. The van der Waals surface area contributed by atoms with E-state index < -0.39 is 0 Å². The van der Waals surface area contributed by atoms with E-state index in [4.69, 9.17) is 5.73 Å². The molecule has 2 heterocycles. The topological polar surface area (TPSA) is 38.9 Å². The van der Waals surface area contributed by atoms with Crippen molar-refractivity contribution in [3.8, 4) is 0 Å². The Labute approximate surface area is 103 Å². The van der Waals surface area contributed by atoms with Gasteiger partial charge in [0.05, 0.1) is 0 Å². The SMILES string of the molecule is NC(Cc1ccc(Br)cn1)C1CCSC1. The predicted octanol–water partition coefficient (Wildman–Crippen LogP) is 2.47. The third kappa shape index (κ3) is 3.20. The molecule has 0 bridgehead atoms. The van der Waals surface area contributed by atoms with Crippen molar-refractivity contribution in [2.24, 2.45) is 11.7 Å². The van der Waals surface area contributed by atoms with Crippen molar-refractivity contribution < 1.29 is 0 Å². The molecule has 2 unspecified atom stereocenters. The number of nitrogens with two attached hydrogens (primary N) is 1. The molecule has 0 aromatic carbocycles. The molecule has 1 aliphatic rings. The van der Waals surface area contributed by atoms with Crippen LogP contribution < -0.4 is 5.73 Å². The Balaban J connectivity index is 1.92. The van der Waals surface area contributed by atoms with Gasteiger partial charge in [-0.25, -0.2) is 0 Å². The Morgan fingerprint density at radius 1 is 1.60 bits per heavy atom. The Kier molecular flexibility index (Phi) is 4.05. The van der Waals surface area contributed by atoms with Crippen LogP contribution >= 0.6 is 27.7 Å². The highest BCUT2D eigenvalue weighted by atomic mass is 79.9. The minimum absolute atomic E-state index is 0.272. The van der Waals surface area contributed by atoms with Gasteiger partial charge in [0.25, 0.3) is 0 Å². The fourth-order valence-electron chi connectivity index (χ4n) is 1.83. The molecule has 82 valence electrons. The Morgan fingerprint density at radius 3 is 3.07 bits per heavy atom. The van der Waals surface area contributed by atoms with Crippen LogP contribution in [0.4, 0.5) is 0 Å². The highest BCUT2D eigenvalue weighted by Gasteiger charge is 2.22. The molecule has 0 radical (unpaired) electrons. The van der Waals surface area contributed by atoms with E-state index in [9.17, 15) is 0 Å². The molecule has 2 atom stereocenters. The van der Waals surface area contributed by atoms with Crippen LogP contribution in [0.5, 0.6) is 0 Å². The van der Waals surface area contributed by atoms with Crippen molar-refractivity contribution in [1.29, 1.82) is 0 Å². The fraction of sp³-hybridized carbons (Fsp3) is 0.545. The Bertz CT molecular complexity index is 309. The van der Waals surface area contributed by atoms with Crippen LogP contribution in [0.2, 0.25) is 0 Å². The summed E-state index contributed by atoms with van der Waals surface area (Å²) in [6.07, 6.45) is 4.01. The van der Waals surface area contributed by atoms with Crippen molar-refractivity contribution in [1.82, 2.24) is 4.98 Å². The van der Waals surface area contributed by atoms with Gasteiger partial charge in [0, 0.05) is 28.8 Å². The largest absolute Gasteiger partial charge is 0.327 e. The zero-order valence-corrected chi connectivity index (χ0v) is 10.9. The van der Waals surface area contributed by atoms with Crippen molar-refractivity contribution in [3.05, 3.63) is 28.5 Å². The summed E-state index contributed by atoms with van der Waals surface area (Å²) in [5.41, 5.74) is 7.28. The lowest BCUT2D eigenvalue weighted by atomic mass is 9.96. The van der Waals surface area contributed by atoms with Gasteiger partial charge in [-0.15, -0.1) is 0 Å². The first-order valence-electron chi connectivity index (χ1n) is 5.19. The lowest BCUT2D eigenvalue weighted by molar-refractivity contribution is 0.459. The van der Waals surface area contributed by atoms with E-state index in [-0.39, 0.29) is 6.04 Å². The molecule has 1 aromatic heterocycles. The number of thioether (sulfide) groups is 1. The third-order valence-corrected chi connectivity index (χ3v) is 4.46. The fourth-order valence-corrected chi connectivity index (χ4v) is 3.41. The van der Waals surface area contributed by atoms with E-state index in [1.807, 2.05) is 30.1 Å². The van der Waals surface area contributed by atoms with Crippen molar-refractivity contribution in [3.63, 3.8) is 0 Å². The molecule has 0 saturated carbocycles. The molecule has 2 nitrogen and oxygen atoms in total. The summed E-state index contributed by atoms with van der Waals surface area (Å²) < 4.78 is 1.02. The predicted molar refractivity (Wildman–Crippen MR) is 69.0 cm³/mol. The lowest BCUT2D eigenvalue weighted by Gasteiger charge is -2.17. The molecular formula is C11H15BrN2S. The maximum atomic E-state index is 6.18. The zero-order chi connectivity index (χ0) is 10.7. The number of hydrogen-bond donors (Lipinski definition) is 1. The minimum atomic E-state index is 0.272. The van der Waals surface area contributed by atoms with E-state index in [2.05, 4.69) is 20.9 Å². The van der Waals surface area contributed by atoms with Crippen LogP contribution in [-0.4, -0.2) is 22.5 Å². The first-order chi connectivity index (χ1) is 7.25. The summed E-state index contributed by atoms with van der Waals surface area (Å²) in [5, 5.41) is 0. The van der Waals surface area contributed by atoms with Gasteiger partial charge >= 0.3 is 0 Å². The van der Waals surface area contributed by atoms with E-state index in [0.29, 0.717) is 5.92 Å². The smallest absolute Gasteiger partial charge is 0.0420 e. The molecular weight excluding hydrogens is 272 g/mol. The molecule has 1 aliphatic heterocycles. The van der Waals surface area contributed by atoms with E-state index in [1.165, 1.54) is 17.9 Å². The van der Waals surface area contributed by atoms with Gasteiger partial charge in [-0.1, -0.05) is 0 Å². The van der Waals surface area contributed by atoms with Gasteiger partial charge in [-0.05, 0) is 51.9 Å². The van der Waals surface area contributed by atoms with Crippen LogP contribution in [0, 0.1) is 5.92 Å². The molecule has 1 aromatic rings. The van der Waals surface area contributed by atoms with Crippen LogP contribution in [0.3, 0.4) is 0 Å². The highest BCUT2D eigenvalue weighted by molar-refractivity contribution is 9.10. The monoisotopic (exact) mass is 286 g/mol. The molecule has 0 aliphatic carbocycles. The normalized spacial score (nSPS) is 22.9. The number of rotatable bonds is 3. The van der Waals surface area contributed by atoms with Gasteiger partial charge in [0.2, 0.25) is 0 Å². The highest BCUT2D eigenvalue weighted by Crippen LogP contribution is 2.26. The maximum absolute atomic E-state index is 6.18. The van der Waals surface area contributed by atoms with Gasteiger partial charge < -0.3 is 5.73 Å². The number of hydrogen-bond acceptors (Lipinski definition) is 3. The molecule has 0 amide bonds. The lowest BCUT2D eigenvalue weighted by Crippen LogP contribution is -2.32. The summed E-state index contributed by atoms with van der Waals surface area (Å²) in [6, 6.07) is 4.35. The first kappa shape index (κ1) is 11.4. The molecule has 15 heavy (non-hydrogen) atoms. The molecule has 1 saturated heterocycles. The second-order valence-electron chi connectivity index (χ2n) is 3.96. The number of aromatic nitrogens is 1. The van der Waals surface area contributed by atoms with Crippen LogP contribution in [-0.2, 0) is 6.42 Å². The Morgan fingerprint density at radius 2 is 2.47 bits per heavy atom. The van der Waals surface area contributed by atoms with Gasteiger partial charge in [-0.2, -0.15) is 11.8 Å². The molecule has 4 heteroatoms. The van der Waals surface area contributed by atoms with E-state index in [0.717, 1.165) is 16.6 Å². The minimum Gasteiger partial charge on any atom is -0.327 e. The van der Waals surface area contributed by atoms with Gasteiger partial charge in [-0.3, -0.25) is 4.98 Å². The summed E-state index contributed by atoms with van der Waals surface area (Å²) in [4.78, 5) is 4.36. The van der Waals surface area contributed by atoms with Crippen molar-refractivity contribution >= 4 is 27.7 Å². The molecule has 2 N–H and O–H groups in total. The Hall–Kier alpha value is -0.0600. The summed E-state index contributed by atoms with van der Waals surface area (Å²) >= 11 is 5.40. The number of pyridine rings is 1. The average Bonchev–Trinajstić information content (AvgIpc) is 2.74. The second kappa shape index (κ2) is 5.32. The maximum Gasteiger partial charge on any atom is 0.0420 e. The summed E-state index contributed by atoms with van der Waals surface area (Å²) in [6.45, 7) is 0. The quantitative estimate of drug-likeness (QED) is 0.928. The van der Waals surface area contributed by atoms with Crippen LogP contribution in [0.15, 0.2) is 22.8 Å². The van der Waals surface area contributed by atoms with Crippen molar-refractivity contribution in [2.75, 3.05) is 11.5 Å². The second-order valence-corrected chi connectivity index (χ2v) is 6.02.